The Morgan fingerprint density at radius 1 is 1.07 bits per heavy atom. The van der Waals surface area contributed by atoms with Crippen LogP contribution in [0.4, 0.5) is 29.6 Å². The molecule has 2 aliphatic rings. The van der Waals surface area contributed by atoms with Crippen LogP contribution in [0.1, 0.15) is 37.3 Å². The van der Waals surface area contributed by atoms with Gasteiger partial charge < -0.3 is 10.1 Å². The van der Waals surface area contributed by atoms with Gasteiger partial charge in [0.25, 0.3) is 5.91 Å². The summed E-state index contributed by atoms with van der Waals surface area (Å²) in [5, 5.41) is 2.93. The Morgan fingerprint density at radius 3 is 2.46 bits per heavy atom. The zero-order valence-corrected chi connectivity index (χ0v) is 22.3. The molecule has 2 unspecified atom stereocenters. The maximum absolute atomic E-state index is 14.5. The number of halogens is 4. The number of nitrogens with one attached hydrogen (secondary N) is 1. The molecule has 2 atom stereocenters. The minimum atomic E-state index is -2.81. The normalized spacial score (nSPS) is 19.4. The zero-order chi connectivity index (χ0) is 29.1. The van der Waals surface area contributed by atoms with Crippen LogP contribution in [0, 0.1) is 5.82 Å². The molecule has 5 rings (SSSR count). The fraction of sp³-hybridized carbons (Fsp3) is 0.321. The van der Waals surface area contributed by atoms with Crippen molar-refractivity contribution in [1.29, 1.82) is 0 Å². The molecule has 1 aliphatic carbocycles. The molecule has 3 amide bonds. The summed E-state index contributed by atoms with van der Waals surface area (Å²) in [7, 11) is 0. The molecule has 214 valence electrons. The van der Waals surface area contributed by atoms with Crippen molar-refractivity contribution >= 4 is 41.1 Å². The standard InChI is InChI=1S/C28H25ClF3N5O4/c29-21-8-2-1-7-20(21)23(24(38)35-18-9-11-28(31,32)12-10-18)36(19-6-3-5-17(30)15-19)25(39)22-16-41-27(40)37(22)26-33-13-4-14-34-26/h1-8,13-15,18,22-23H,9-12,16H2,(H,35,38). The summed E-state index contributed by atoms with van der Waals surface area (Å²) < 4.78 is 47.3. The van der Waals surface area contributed by atoms with Gasteiger partial charge >= 0.3 is 6.09 Å². The van der Waals surface area contributed by atoms with Gasteiger partial charge in [-0.05, 0) is 43.2 Å². The summed E-state index contributed by atoms with van der Waals surface area (Å²) >= 11 is 6.52. The summed E-state index contributed by atoms with van der Waals surface area (Å²) in [6, 6.07) is 9.51. The molecular formula is C28H25ClF3N5O4. The molecule has 2 aromatic carbocycles. The molecule has 1 aliphatic heterocycles. The van der Waals surface area contributed by atoms with Crippen LogP contribution in [0.15, 0.2) is 67.0 Å². The van der Waals surface area contributed by atoms with Gasteiger partial charge in [-0.15, -0.1) is 0 Å². The van der Waals surface area contributed by atoms with Crippen LogP contribution in [0.3, 0.4) is 0 Å². The van der Waals surface area contributed by atoms with Crippen molar-refractivity contribution in [1.82, 2.24) is 15.3 Å². The monoisotopic (exact) mass is 587 g/mol. The highest BCUT2D eigenvalue weighted by Crippen LogP contribution is 2.36. The van der Waals surface area contributed by atoms with Crippen LogP contribution in [0.25, 0.3) is 0 Å². The summed E-state index contributed by atoms with van der Waals surface area (Å²) in [5.41, 5.74) is 0.205. The number of anilines is 2. The predicted molar refractivity (Wildman–Crippen MR) is 143 cm³/mol. The molecule has 41 heavy (non-hydrogen) atoms. The van der Waals surface area contributed by atoms with Crippen LogP contribution in [0.5, 0.6) is 0 Å². The summed E-state index contributed by atoms with van der Waals surface area (Å²) in [6.07, 6.45) is 1.17. The number of carbonyl (C=O) groups excluding carboxylic acids is 3. The Bertz CT molecular complexity index is 1440. The summed E-state index contributed by atoms with van der Waals surface area (Å²) in [5.74, 6) is -5.11. The number of cyclic esters (lactones) is 1. The first-order chi connectivity index (χ1) is 19.6. The van der Waals surface area contributed by atoms with E-state index in [-0.39, 0.29) is 35.1 Å². The second kappa shape index (κ2) is 11.7. The first-order valence-corrected chi connectivity index (χ1v) is 13.3. The third kappa shape index (κ3) is 6.12. The molecule has 1 N–H and O–H groups in total. The number of hydrogen-bond acceptors (Lipinski definition) is 6. The number of carbonyl (C=O) groups is 3. The van der Waals surface area contributed by atoms with Crippen molar-refractivity contribution in [2.24, 2.45) is 0 Å². The van der Waals surface area contributed by atoms with E-state index in [4.69, 9.17) is 16.3 Å². The summed E-state index contributed by atoms with van der Waals surface area (Å²) in [6.45, 7) is -0.393. The minimum Gasteiger partial charge on any atom is -0.446 e. The Morgan fingerprint density at radius 2 is 1.78 bits per heavy atom. The molecule has 1 saturated carbocycles. The van der Waals surface area contributed by atoms with Crippen LogP contribution >= 0.6 is 11.6 Å². The maximum Gasteiger partial charge on any atom is 0.417 e. The zero-order valence-electron chi connectivity index (χ0n) is 21.6. The molecule has 1 aromatic heterocycles. The minimum absolute atomic E-state index is 0.00136. The highest BCUT2D eigenvalue weighted by molar-refractivity contribution is 6.31. The van der Waals surface area contributed by atoms with E-state index >= 15 is 0 Å². The van der Waals surface area contributed by atoms with E-state index in [1.165, 1.54) is 48.8 Å². The Kier molecular flexibility index (Phi) is 8.11. The van der Waals surface area contributed by atoms with E-state index < -0.39 is 67.2 Å². The topological polar surface area (TPSA) is 105 Å². The molecule has 0 spiro atoms. The van der Waals surface area contributed by atoms with Gasteiger partial charge in [0, 0.05) is 47.6 Å². The highest BCUT2D eigenvalue weighted by atomic mass is 35.5. The molecule has 9 nitrogen and oxygen atoms in total. The second-order valence-electron chi connectivity index (χ2n) is 9.76. The van der Waals surface area contributed by atoms with E-state index in [2.05, 4.69) is 15.3 Å². The largest absolute Gasteiger partial charge is 0.446 e. The molecule has 2 heterocycles. The fourth-order valence-corrected chi connectivity index (χ4v) is 5.23. The van der Waals surface area contributed by atoms with Crippen LogP contribution in [-0.4, -0.2) is 52.5 Å². The lowest BCUT2D eigenvalue weighted by atomic mass is 9.91. The van der Waals surface area contributed by atoms with Gasteiger partial charge in [0.15, 0.2) is 6.04 Å². The van der Waals surface area contributed by atoms with E-state index in [0.29, 0.717) is 0 Å². The highest BCUT2D eigenvalue weighted by Gasteiger charge is 2.47. The summed E-state index contributed by atoms with van der Waals surface area (Å²) in [4.78, 5) is 51.1. The lowest BCUT2D eigenvalue weighted by Crippen LogP contribution is -2.54. The molecule has 13 heteroatoms. The van der Waals surface area contributed by atoms with Crippen LogP contribution in [0.2, 0.25) is 5.02 Å². The van der Waals surface area contributed by atoms with Gasteiger partial charge in [-0.2, -0.15) is 0 Å². The number of rotatable bonds is 7. The van der Waals surface area contributed by atoms with E-state index in [9.17, 15) is 27.6 Å². The van der Waals surface area contributed by atoms with Gasteiger partial charge in [-0.1, -0.05) is 35.9 Å². The van der Waals surface area contributed by atoms with Crippen LogP contribution < -0.4 is 15.1 Å². The Labute approximate surface area is 238 Å². The van der Waals surface area contributed by atoms with Gasteiger partial charge in [0.2, 0.25) is 17.8 Å². The second-order valence-corrected chi connectivity index (χ2v) is 10.2. The van der Waals surface area contributed by atoms with Gasteiger partial charge in [0.1, 0.15) is 18.5 Å². The van der Waals surface area contributed by atoms with Gasteiger partial charge in [-0.25, -0.2) is 32.8 Å². The quantitative estimate of drug-likeness (QED) is 0.414. The number of nitrogens with zero attached hydrogens (tertiary/aromatic N) is 4. The fourth-order valence-electron chi connectivity index (χ4n) is 4.99. The number of alkyl halides is 2. The first-order valence-electron chi connectivity index (χ1n) is 12.9. The number of hydrogen-bond donors (Lipinski definition) is 1. The Hall–Kier alpha value is -4.19. The number of benzene rings is 2. The number of ether oxygens (including phenoxy) is 1. The maximum atomic E-state index is 14.5. The SMILES string of the molecule is O=C(NC1CCC(F)(F)CC1)C(c1ccccc1Cl)N(C(=O)C1COC(=O)N1c1ncccn1)c1cccc(F)c1. The molecule has 3 aromatic rings. The molecule has 2 fully saturated rings. The van der Waals surface area contributed by atoms with Crippen molar-refractivity contribution < 1.29 is 32.3 Å². The van der Waals surface area contributed by atoms with Crippen molar-refractivity contribution in [3.05, 3.63) is 83.4 Å². The number of amides is 3. The Balaban J connectivity index is 1.58. The van der Waals surface area contributed by atoms with E-state index in [0.717, 1.165) is 15.9 Å². The predicted octanol–water partition coefficient (Wildman–Crippen LogP) is 5.06. The van der Waals surface area contributed by atoms with Gasteiger partial charge in [0.05, 0.1) is 0 Å². The van der Waals surface area contributed by atoms with Crippen molar-refractivity contribution in [2.45, 2.75) is 49.7 Å². The molecule has 0 bridgehead atoms. The third-order valence-corrected chi connectivity index (χ3v) is 7.36. The van der Waals surface area contributed by atoms with E-state index in [1.807, 2.05) is 0 Å². The van der Waals surface area contributed by atoms with Crippen molar-refractivity contribution in [3.8, 4) is 0 Å². The lowest BCUT2D eigenvalue weighted by Gasteiger charge is -2.36. The molecular weight excluding hydrogens is 563 g/mol. The van der Waals surface area contributed by atoms with Crippen molar-refractivity contribution in [3.63, 3.8) is 0 Å². The van der Waals surface area contributed by atoms with Crippen LogP contribution in [-0.2, 0) is 14.3 Å². The average molecular weight is 588 g/mol. The van der Waals surface area contributed by atoms with Gasteiger partial charge in [-0.3, -0.25) is 14.5 Å². The first kappa shape index (κ1) is 28.3. The smallest absolute Gasteiger partial charge is 0.417 e. The molecule has 1 saturated heterocycles. The lowest BCUT2D eigenvalue weighted by molar-refractivity contribution is -0.128. The number of aromatic nitrogens is 2. The third-order valence-electron chi connectivity index (χ3n) is 7.02. The van der Waals surface area contributed by atoms with E-state index in [1.54, 1.807) is 12.1 Å². The van der Waals surface area contributed by atoms with Crippen molar-refractivity contribution in [2.75, 3.05) is 16.4 Å². The molecule has 0 radical (unpaired) electrons. The average Bonchev–Trinajstić information content (AvgIpc) is 3.34.